The molecular weight excluding hydrogens is 559 g/mol. The highest BCUT2D eigenvalue weighted by molar-refractivity contribution is 7.46. The summed E-state index contributed by atoms with van der Waals surface area (Å²) in [6.07, 6.45) is -5.09. The van der Waals surface area contributed by atoms with E-state index < -0.39 is 62.6 Å². The molecule has 0 bridgehead atoms. The van der Waals surface area contributed by atoms with Gasteiger partial charge >= 0.3 is 19.9 Å². The van der Waals surface area contributed by atoms with Crippen molar-refractivity contribution < 1.29 is 52.9 Å². The molecule has 19 heteroatoms. The Morgan fingerprint density at radius 2 is 1.93 bits per heavy atom. The monoisotopic (exact) mass is 588 g/mol. The maximum absolute atomic E-state index is 13.6. The third-order valence-corrected chi connectivity index (χ3v) is 7.08. The van der Waals surface area contributed by atoms with Crippen molar-refractivity contribution in [2.75, 3.05) is 20.8 Å². The number of aliphatic hydroxyl groups is 2. The lowest BCUT2D eigenvalue weighted by Gasteiger charge is -2.18. The first kappa shape index (κ1) is 29.6. The molecule has 220 valence electrons. The second-order valence-corrected chi connectivity index (χ2v) is 10.3. The predicted octanol–water partition coefficient (Wildman–Crippen LogP) is -1.75. The van der Waals surface area contributed by atoms with Crippen molar-refractivity contribution in [2.45, 2.75) is 50.3 Å². The number of hydrogen-bond donors (Lipinski definition) is 5. The van der Waals surface area contributed by atoms with Gasteiger partial charge in [-0.15, -0.1) is 0 Å². The molecule has 0 aliphatic carbocycles. The van der Waals surface area contributed by atoms with Gasteiger partial charge in [-0.1, -0.05) is 0 Å². The number of aromatic nitrogens is 5. The van der Waals surface area contributed by atoms with E-state index in [4.69, 9.17) is 19.3 Å². The number of hydrogen-bond acceptors (Lipinski definition) is 12. The van der Waals surface area contributed by atoms with Crippen molar-refractivity contribution in [2.24, 2.45) is 7.05 Å². The maximum atomic E-state index is 13.6. The molecule has 4 heterocycles. The summed E-state index contributed by atoms with van der Waals surface area (Å²) in [7, 11) is -0.940. The summed E-state index contributed by atoms with van der Waals surface area (Å²) in [5, 5.41) is 23.4. The van der Waals surface area contributed by atoms with Gasteiger partial charge in [0.05, 0.1) is 38.5 Å². The van der Waals surface area contributed by atoms with Crippen LogP contribution in [-0.4, -0.2) is 101 Å². The second-order valence-electron chi connectivity index (χ2n) is 9.05. The average molecular weight is 588 g/mol. The first-order chi connectivity index (χ1) is 18.8. The summed E-state index contributed by atoms with van der Waals surface area (Å²) in [4.78, 5) is 64.0. The Morgan fingerprint density at radius 1 is 1.23 bits per heavy atom. The van der Waals surface area contributed by atoms with E-state index in [0.717, 1.165) is 7.11 Å². The van der Waals surface area contributed by atoms with Crippen LogP contribution in [0.2, 0.25) is 0 Å². The number of fused-ring (bicyclic) bond motifs is 2. The van der Waals surface area contributed by atoms with Crippen LogP contribution in [0.25, 0.3) is 16.9 Å². The summed E-state index contributed by atoms with van der Waals surface area (Å²) in [5.74, 6) is -0.510. The first-order valence-electron chi connectivity index (χ1n) is 11.9. The number of rotatable bonds is 9. The third-order valence-electron chi connectivity index (χ3n) is 6.60. The molecule has 1 amide bonds. The summed E-state index contributed by atoms with van der Waals surface area (Å²) in [6, 6.07) is -1.05. The number of methoxy groups -OCH3 is 2. The zero-order valence-electron chi connectivity index (χ0n) is 21.8. The van der Waals surface area contributed by atoms with E-state index in [9.17, 15) is 29.2 Å². The van der Waals surface area contributed by atoms with Crippen molar-refractivity contribution in [1.82, 2.24) is 28.8 Å². The zero-order valence-corrected chi connectivity index (χ0v) is 22.7. The van der Waals surface area contributed by atoms with Crippen molar-refractivity contribution in [1.29, 1.82) is 0 Å². The molecule has 18 nitrogen and oxygen atoms in total. The number of aliphatic hydroxyl groups excluding tert-OH is 2. The van der Waals surface area contributed by atoms with Crippen molar-refractivity contribution in [3.63, 3.8) is 0 Å². The Balaban J connectivity index is 1.70. The number of aryl methyl sites for hydroxylation is 3. The lowest BCUT2D eigenvalue weighted by molar-refractivity contribution is -0.143. The van der Waals surface area contributed by atoms with Crippen LogP contribution in [0.5, 0.6) is 0 Å². The van der Waals surface area contributed by atoms with Gasteiger partial charge in [0.25, 0.3) is 5.56 Å². The standard InChI is InChI=1S/C21H29N6O12P/c1-9-11(6-5-10(19(31)36-3)24-21(32)37-4)27-17(30)13-16(25(2)20(27)23-9)26(8-22-13)18-15(29)14(28)12(39-18)7-38-40(33,34)35/h8,10,12,14-15,18,28-29H,5-7H2,1-4H3,(H,24,32)(H2,33,34,35)/t10-,12-,14-,15-,18-/m1/s1. The minimum Gasteiger partial charge on any atom is -0.467 e. The molecule has 1 saturated heterocycles. The number of nitrogens with zero attached hydrogens (tertiary/aromatic N) is 5. The molecule has 40 heavy (non-hydrogen) atoms. The molecule has 1 aliphatic rings. The highest BCUT2D eigenvalue weighted by Gasteiger charge is 2.45. The highest BCUT2D eigenvalue weighted by Crippen LogP contribution is 2.38. The van der Waals surface area contributed by atoms with E-state index in [2.05, 4.69) is 24.5 Å². The van der Waals surface area contributed by atoms with Gasteiger partial charge < -0.3 is 39.5 Å². The van der Waals surface area contributed by atoms with Crippen LogP contribution >= 0.6 is 7.82 Å². The second kappa shape index (κ2) is 11.2. The molecule has 0 unspecified atom stereocenters. The van der Waals surface area contributed by atoms with Crippen LogP contribution in [-0.2, 0) is 41.6 Å². The number of imidazole rings is 2. The van der Waals surface area contributed by atoms with Crippen molar-refractivity contribution in [3.8, 4) is 0 Å². The van der Waals surface area contributed by atoms with E-state index >= 15 is 0 Å². The quantitative estimate of drug-likeness (QED) is 0.138. The van der Waals surface area contributed by atoms with Gasteiger partial charge in [0, 0.05) is 7.05 Å². The molecule has 0 spiro atoms. The van der Waals surface area contributed by atoms with Crippen LogP contribution in [0.15, 0.2) is 11.1 Å². The number of amides is 1. The third kappa shape index (κ3) is 5.46. The molecule has 0 aromatic carbocycles. The van der Waals surface area contributed by atoms with E-state index in [-0.39, 0.29) is 29.8 Å². The Morgan fingerprint density at radius 3 is 2.55 bits per heavy atom. The summed E-state index contributed by atoms with van der Waals surface area (Å²) < 4.78 is 34.5. The van der Waals surface area contributed by atoms with E-state index in [1.807, 2.05) is 0 Å². The van der Waals surface area contributed by atoms with Crippen LogP contribution in [0.4, 0.5) is 4.79 Å². The molecule has 4 rings (SSSR count). The number of alkyl carbamates (subject to hydrolysis) is 1. The van der Waals surface area contributed by atoms with E-state index in [1.54, 1.807) is 14.0 Å². The van der Waals surface area contributed by atoms with Crippen molar-refractivity contribution in [3.05, 3.63) is 28.1 Å². The topological polar surface area (TPSA) is 238 Å². The lowest BCUT2D eigenvalue weighted by atomic mass is 10.1. The van der Waals surface area contributed by atoms with Crippen LogP contribution < -0.4 is 10.9 Å². The fraction of sp³-hybridized carbons (Fsp3) is 0.571. The van der Waals surface area contributed by atoms with Gasteiger partial charge in [-0.3, -0.25) is 18.5 Å². The molecule has 1 fully saturated rings. The van der Waals surface area contributed by atoms with Gasteiger partial charge in [-0.2, -0.15) is 0 Å². The van der Waals surface area contributed by atoms with Gasteiger partial charge in [0.1, 0.15) is 24.4 Å². The van der Waals surface area contributed by atoms with Gasteiger partial charge in [-0.25, -0.2) is 28.5 Å². The van der Waals surface area contributed by atoms with Crippen LogP contribution in [0.1, 0.15) is 24.0 Å². The summed E-state index contributed by atoms with van der Waals surface area (Å²) in [6.45, 7) is 0.968. The van der Waals surface area contributed by atoms with Crippen LogP contribution in [0.3, 0.4) is 0 Å². The largest absolute Gasteiger partial charge is 0.469 e. The fourth-order valence-electron chi connectivity index (χ4n) is 4.64. The lowest BCUT2D eigenvalue weighted by Crippen LogP contribution is -2.41. The number of phosphoric acid groups is 1. The Kier molecular flexibility index (Phi) is 8.32. The summed E-state index contributed by atoms with van der Waals surface area (Å²) >= 11 is 0. The number of esters is 1. The van der Waals surface area contributed by atoms with Gasteiger partial charge in [0.2, 0.25) is 5.78 Å². The molecule has 0 radical (unpaired) electrons. The predicted molar refractivity (Wildman–Crippen MR) is 132 cm³/mol. The Labute approximate surface area is 225 Å². The van der Waals surface area contributed by atoms with E-state index in [1.165, 1.54) is 27.0 Å². The fourth-order valence-corrected chi connectivity index (χ4v) is 4.98. The first-order valence-corrected chi connectivity index (χ1v) is 13.4. The molecule has 5 atom stereocenters. The molecule has 0 saturated carbocycles. The average Bonchev–Trinajstić information content (AvgIpc) is 3.57. The number of nitrogens with one attached hydrogen (secondary N) is 1. The van der Waals surface area contributed by atoms with Gasteiger partial charge in [0.15, 0.2) is 17.4 Å². The normalized spacial score (nSPS) is 22.1. The number of carbonyl (C=O) groups excluding carboxylic acids is 2. The smallest absolute Gasteiger partial charge is 0.467 e. The van der Waals surface area contributed by atoms with Crippen molar-refractivity contribution >= 4 is 36.8 Å². The molecular formula is C21H29N6O12P. The highest BCUT2D eigenvalue weighted by atomic mass is 31.2. The Hall–Kier alpha value is -3.38. The molecule has 5 N–H and O–H groups in total. The Bertz CT molecular complexity index is 1540. The molecule has 1 aliphatic heterocycles. The maximum Gasteiger partial charge on any atom is 0.469 e. The van der Waals surface area contributed by atoms with Crippen LogP contribution in [0, 0.1) is 6.92 Å². The van der Waals surface area contributed by atoms with E-state index in [0.29, 0.717) is 11.4 Å². The number of ether oxygens (including phenoxy) is 3. The minimum absolute atomic E-state index is 0.0361. The number of phosphoric ester groups is 1. The zero-order chi connectivity index (χ0) is 29.5. The minimum atomic E-state index is -4.86. The number of carbonyl (C=O) groups is 2. The molecule has 3 aromatic heterocycles. The molecule has 3 aromatic rings. The SMILES string of the molecule is COC(=O)N[C@H](CCc1c(C)nc2n(C)c3c(ncn3[C@@H]3O[C@H](COP(=O)(O)O)[C@@H](O)[C@H]3O)c(=O)n12)C(=O)OC. The van der Waals surface area contributed by atoms with Gasteiger partial charge in [-0.05, 0) is 19.8 Å². The summed E-state index contributed by atoms with van der Waals surface area (Å²) in [5.41, 5.74) is 0.501.